The van der Waals surface area contributed by atoms with Crippen LogP contribution in [-0.4, -0.2) is 92.7 Å². The van der Waals surface area contributed by atoms with Crippen molar-refractivity contribution in [2.24, 2.45) is 0 Å². The number of carbonyl (C=O) groups is 2. The summed E-state index contributed by atoms with van der Waals surface area (Å²) in [6, 6.07) is 32.6. The minimum atomic E-state index is -4.20. The van der Waals surface area contributed by atoms with Gasteiger partial charge in [-0.05, 0) is 134 Å². The smallest absolute Gasteiger partial charge is 0.264 e. The van der Waals surface area contributed by atoms with Gasteiger partial charge in [-0.25, -0.2) is 0 Å². The van der Waals surface area contributed by atoms with E-state index in [2.05, 4.69) is 0 Å². The summed E-state index contributed by atoms with van der Waals surface area (Å²) in [5, 5.41) is 11.4. The molecule has 0 heterocycles. The molecule has 0 aliphatic heterocycles. The number of hydrogen-bond acceptors (Lipinski definition) is 13. The molecule has 6 aromatic rings. The SMILES string of the molecule is O=C(c1ccccc1)c1c(OCCCCS(=O)(=O)O)ccc2c(C(=O)c3ccc(Oc4ccc(O)c(-c5ccc(OCCCCS(=O)(=O)O)cc5)c4)cc3)c(OCCCCS(=O)(=O)O)ccc12. The van der Waals surface area contributed by atoms with Crippen LogP contribution in [-0.2, 0) is 30.4 Å². The number of fused-ring (bicyclic) bond motifs is 1. The maximum atomic E-state index is 14.6. The van der Waals surface area contributed by atoms with Crippen molar-refractivity contribution in [2.45, 2.75) is 38.5 Å². The summed E-state index contributed by atoms with van der Waals surface area (Å²) in [5.74, 6) is -0.608. The monoisotopic (exact) mass is 976 g/mol. The van der Waals surface area contributed by atoms with Crippen molar-refractivity contribution in [3.8, 4) is 45.6 Å². The highest BCUT2D eigenvalue weighted by Gasteiger charge is 2.25. The molecule has 0 saturated carbocycles. The predicted octanol–water partition coefficient (Wildman–Crippen LogP) is 8.61. The number of ketones is 2. The van der Waals surface area contributed by atoms with Gasteiger partial charge in [0.15, 0.2) is 11.6 Å². The number of phenolic OH excluding ortho intramolecular Hbond substituents is 1. The summed E-state index contributed by atoms with van der Waals surface area (Å²) in [4.78, 5) is 28.9. The van der Waals surface area contributed by atoms with Gasteiger partial charge in [0.25, 0.3) is 30.4 Å². The van der Waals surface area contributed by atoms with Gasteiger partial charge in [0.2, 0.25) is 0 Å². The number of unbranched alkanes of at least 4 members (excludes halogenated alkanes) is 3. The van der Waals surface area contributed by atoms with Crippen LogP contribution in [0.3, 0.4) is 0 Å². The Balaban J connectivity index is 1.27. The van der Waals surface area contributed by atoms with Crippen molar-refractivity contribution < 1.29 is 72.6 Å². The summed E-state index contributed by atoms with van der Waals surface area (Å²) in [6.07, 6.45) is 1.34. The summed E-state index contributed by atoms with van der Waals surface area (Å²) >= 11 is 0. The molecule has 0 bridgehead atoms. The van der Waals surface area contributed by atoms with E-state index in [0.29, 0.717) is 51.1 Å². The maximum Gasteiger partial charge on any atom is 0.264 e. The summed E-state index contributed by atoms with van der Waals surface area (Å²) < 4.78 is 118. The number of rotatable bonds is 25. The number of aromatic hydroxyl groups is 1. The molecule has 6 aromatic carbocycles. The molecule has 67 heavy (non-hydrogen) atoms. The van der Waals surface area contributed by atoms with Crippen LogP contribution in [0.4, 0.5) is 0 Å². The van der Waals surface area contributed by atoms with Gasteiger partial charge in [0.05, 0.1) is 48.2 Å². The molecule has 0 unspecified atom stereocenters. The number of benzene rings is 6. The Labute approximate surface area is 388 Å². The Bertz CT molecular complexity index is 3030. The quantitative estimate of drug-likeness (QED) is 0.0238. The minimum absolute atomic E-state index is 0.0107. The predicted molar refractivity (Wildman–Crippen MR) is 251 cm³/mol. The van der Waals surface area contributed by atoms with Gasteiger partial charge in [-0.15, -0.1) is 0 Å². The molecule has 0 aromatic heterocycles. The van der Waals surface area contributed by atoms with Gasteiger partial charge in [-0.1, -0.05) is 42.5 Å². The van der Waals surface area contributed by atoms with Crippen molar-refractivity contribution in [3.05, 3.63) is 144 Å². The van der Waals surface area contributed by atoms with Crippen molar-refractivity contribution >= 4 is 52.7 Å². The van der Waals surface area contributed by atoms with Crippen LogP contribution < -0.4 is 18.9 Å². The third-order valence-electron chi connectivity index (χ3n) is 10.3. The molecule has 0 aliphatic rings. The highest BCUT2D eigenvalue weighted by atomic mass is 32.2. The normalized spacial score (nSPS) is 11.9. The maximum absolute atomic E-state index is 14.6. The zero-order valence-corrected chi connectivity index (χ0v) is 38.4. The standard InChI is InChI=1S/C48H48O16S3/c49-42-23-20-38(32-41(42)33-12-16-36(17-13-33)61-26-4-7-29-65(52,53)54)64-37-18-14-35(15-19-37)48(51)46-40-22-24-43(62-27-5-8-30-66(55,56)57)45(47(50)34-10-2-1-3-11-34)39(40)21-25-44(46)63-28-6-9-31-67(58,59)60/h1-3,10-25,32,49H,4-9,26-31H2,(H,52,53,54)(H,55,56,57)(H,58,59,60). The zero-order chi connectivity index (χ0) is 48.2. The molecule has 0 amide bonds. The van der Waals surface area contributed by atoms with Crippen molar-refractivity contribution in [1.29, 1.82) is 0 Å². The molecule has 0 atom stereocenters. The van der Waals surface area contributed by atoms with Crippen LogP contribution >= 0.6 is 0 Å². The lowest BCUT2D eigenvalue weighted by molar-refractivity contribution is 0.102. The van der Waals surface area contributed by atoms with Gasteiger partial charge in [-0.2, -0.15) is 25.3 Å². The van der Waals surface area contributed by atoms with Crippen LogP contribution in [0.15, 0.2) is 121 Å². The van der Waals surface area contributed by atoms with Crippen LogP contribution in [0.25, 0.3) is 21.9 Å². The fourth-order valence-corrected chi connectivity index (χ4v) is 8.72. The number of carbonyl (C=O) groups excluding carboxylic acids is 2. The van der Waals surface area contributed by atoms with E-state index < -0.39 is 53.4 Å². The molecular formula is C48H48O16S3. The molecule has 0 radical (unpaired) electrons. The zero-order valence-electron chi connectivity index (χ0n) is 35.9. The Morgan fingerprint density at radius 1 is 0.448 bits per heavy atom. The molecule has 354 valence electrons. The second-order valence-electron chi connectivity index (χ2n) is 15.4. The second-order valence-corrected chi connectivity index (χ2v) is 20.1. The third-order valence-corrected chi connectivity index (χ3v) is 12.7. The van der Waals surface area contributed by atoms with Crippen LogP contribution in [0.2, 0.25) is 0 Å². The van der Waals surface area contributed by atoms with Crippen LogP contribution in [0.1, 0.15) is 70.4 Å². The van der Waals surface area contributed by atoms with Crippen molar-refractivity contribution in [3.63, 3.8) is 0 Å². The Morgan fingerprint density at radius 3 is 1.36 bits per heavy atom. The van der Waals surface area contributed by atoms with E-state index in [1.165, 1.54) is 12.1 Å². The first-order chi connectivity index (χ1) is 31.8. The van der Waals surface area contributed by atoms with Crippen molar-refractivity contribution in [1.82, 2.24) is 0 Å². The van der Waals surface area contributed by atoms with E-state index in [-0.39, 0.29) is 91.6 Å². The van der Waals surface area contributed by atoms with E-state index in [4.69, 9.17) is 28.1 Å². The third kappa shape index (κ3) is 14.8. The van der Waals surface area contributed by atoms with Gasteiger partial charge in [0, 0.05) is 16.7 Å². The number of phenols is 1. The molecule has 0 aliphatic carbocycles. The van der Waals surface area contributed by atoms with Gasteiger partial charge in [0.1, 0.15) is 34.5 Å². The minimum Gasteiger partial charge on any atom is -0.507 e. The first kappa shape index (κ1) is 50.1. The average molecular weight is 977 g/mol. The van der Waals surface area contributed by atoms with Crippen molar-refractivity contribution in [2.75, 3.05) is 37.1 Å². The molecule has 0 fully saturated rings. The van der Waals surface area contributed by atoms with Gasteiger partial charge >= 0.3 is 0 Å². The Kier molecular flexibility index (Phi) is 16.8. The van der Waals surface area contributed by atoms with Gasteiger partial charge in [-0.3, -0.25) is 23.2 Å². The highest BCUT2D eigenvalue weighted by Crippen LogP contribution is 2.39. The van der Waals surface area contributed by atoms with Crippen LogP contribution in [0, 0.1) is 0 Å². The summed E-state index contributed by atoms with van der Waals surface area (Å²) in [7, 11) is -12.4. The first-order valence-electron chi connectivity index (χ1n) is 21.0. The molecule has 0 saturated heterocycles. The summed E-state index contributed by atoms with van der Waals surface area (Å²) in [6.45, 7) is 0.249. The van der Waals surface area contributed by atoms with E-state index >= 15 is 0 Å². The van der Waals surface area contributed by atoms with E-state index in [1.807, 2.05) is 0 Å². The second kappa shape index (κ2) is 22.4. The molecule has 16 nitrogen and oxygen atoms in total. The molecule has 6 rings (SSSR count). The molecule has 0 spiro atoms. The van der Waals surface area contributed by atoms with E-state index in [0.717, 1.165) is 0 Å². The average Bonchev–Trinajstić information content (AvgIpc) is 3.28. The molecular weight excluding hydrogens is 929 g/mol. The first-order valence-corrected chi connectivity index (χ1v) is 25.9. The lowest BCUT2D eigenvalue weighted by Crippen LogP contribution is -2.12. The Morgan fingerprint density at radius 2 is 0.881 bits per heavy atom. The number of ether oxygens (including phenoxy) is 4. The van der Waals surface area contributed by atoms with Gasteiger partial charge < -0.3 is 24.1 Å². The van der Waals surface area contributed by atoms with E-state index in [1.54, 1.807) is 109 Å². The molecule has 19 heteroatoms. The lowest BCUT2D eigenvalue weighted by atomic mass is 9.91. The molecule has 4 N–H and O–H groups in total. The Hall–Kier alpha value is -6.35. The fraction of sp³-hybridized carbons (Fsp3) is 0.250. The lowest BCUT2D eigenvalue weighted by Gasteiger charge is -2.18. The summed E-state index contributed by atoms with van der Waals surface area (Å²) in [5.41, 5.74) is 1.90. The fourth-order valence-electron chi connectivity index (χ4n) is 7.02. The van der Waals surface area contributed by atoms with Crippen LogP contribution in [0.5, 0.6) is 34.5 Å². The largest absolute Gasteiger partial charge is 0.507 e. The number of hydrogen-bond donors (Lipinski definition) is 4. The highest BCUT2D eigenvalue weighted by molar-refractivity contribution is 7.86. The van der Waals surface area contributed by atoms with E-state index in [9.17, 15) is 44.5 Å². The topological polar surface area (TPSA) is 254 Å².